The van der Waals surface area contributed by atoms with Crippen LogP contribution < -0.4 is 10.6 Å². The van der Waals surface area contributed by atoms with E-state index in [4.69, 9.17) is 4.74 Å². The van der Waals surface area contributed by atoms with E-state index in [-0.39, 0.29) is 17.8 Å². The Labute approximate surface area is 154 Å². The Balaban J connectivity index is 1.73. The van der Waals surface area contributed by atoms with Gasteiger partial charge in [0.15, 0.2) is 5.96 Å². The van der Waals surface area contributed by atoms with Crippen molar-refractivity contribution in [1.29, 1.82) is 0 Å². The van der Waals surface area contributed by atoms with E-state index in [9.17, 15) is 9.59 Å². The highest BCUT2D eigenvalue weighted by molar-refractivity contribution is 5.94. The summed E-state index contributed by atoms with van der Waals surface area (Å²) in [6, 6.07) is 7.52. The fourth-order valence-corrected chi connectivity index (χ4v) is 3.06. The van der Waals surface area contributed by atoms with Gasteiger partial charge in [0.05, 0.1) is 13.0 Å². The van der Waals surface area contributed by atoms with Crippen LogP contribution in [0.3, 0.4) is 0 Å². The summed E-state index contributed by atoms with van der Waals surface area (Å²) in [5, 5.41) is 6.16. The van der Waals surface area contributed by atoms with Crippen LogP contribution in [0.2, 0.25) is 0 Å². The number of carbonyl (C=O) groups excluding carboxylic acids is 2. The Kier molecular flexibility index (Phi) is 7.44. The van der Waals surface area contributed by atoms with Crippen molar-refractivity contribution in [2.45, 2.75) is 19.8 Å². The molecule has 1 heterocycles. The van der Waals surface area contributed by atoms with E-state index in [0.717, 1.165) is 37.5 Å². The van der Waals surface area contributed by atoms with Crippen molar-refractivity contribution in [2.75, 3.05) is 40.3 Å². The van der Waals surface area contributed by atoms with Gasteiger partial charge in [0, 0.05) is 38.8 Å². The molecule has 0 aromatic heterocycles. The van der Waals surface area contributed by atoms with Crippen LogP contribution in [-0.2, 0) is 9.53 Å². The molecule has 1 aliphatic rings. The maximum atomic E-state index is 12.1. The number of nitrogens with one attached hydrogen (secondary N) is 2. The van der Waals surface area contributed by atoms with Crippen LogP contribution in [0.1, 0.15) is 28.8 Å². The van der Waals surface area contributed by atoms with Gasteiger partial charge in [-0.25, -0.2) is 0 Å². The third-order valence-electron chi connectivity index (χ3n) is 4.51. The van der Waals surface area contributed by atoms with Crippen molar-refractivity contribution < 1.29 is 14.3 Å². The molecule has 0 saturated carbocycles. The van der Waals surface area contributed by atoms with E-state index in [1.165, 1.54) is 7.11 Å². The molecule has 1 aromatic rings. The molecule has 0 unspecified atom stereocenters. The number of hydrogen-bond acceptors (Lipinski definition) is 4. The molecular formula is C19H28N4O3. The first-order valence-corrected chi connectivity index (χ1v) is 8.93. The molecule has 0 radical (unpaired) electrons. The number of guanidine groups is 1. The van der Waals surface area contributed by atoms with E-state index in [0.29, 0.717) is 18.7 Å². The summed E-state index contributed by atoms with van der Waals surface area (Å²) in [5.74, 6) is 0.553. The van der Waals surface area contributed by atoms with Gasteiger partial charge in [-0.3, -0.25) is 14.6 Å². The van der Waals surface area contributed by atoms with Crippen molar-refractivity contribution in [2.24, 2.45) is 10.9 Å². The summed E-state index contributed by atoms with van der Waals surface area (Å²) in [6.45, 7) is 4.57. The summed E-state index contributed by atoms with van der Waals surface area (Å²) in [6.07, 6.45) is 1.52. The average Bonchev–Trinajstić information content (AvgIpc) is 2.67. The van der Waals surface area contributed by atoms with E-state index in [2.05, 4.69) is 20.5 Å². The maximum absolute atomic E-state index is 12.1. The van der Waals surface area contributed by atoms with Crippen LogP contribution in [-0.4, -0.2) is 63.1 Å². The number of ether oxygens (including phenoxy) is 1. The van der Waals surface area contributed by atoms with Gasteiger partial charge >= 0.3 is 5.97 Å². The maximum Gasteiger partial charge on any atom is 0.308 e. The summed E-state index contributed by atoms with van der Waals surface area (Å²) < 4.78 is 4.81. The minimum atomic E-state index is -0.133. The van der Waals surface area contributed by atoms with Gasteiger partial charge in [-0.1, -0.05) is 17.7 Å². The highest BCUT2D eigenvalue weighted by Gasteiger charge is 2.26. The van der Waals surface area contributed by atoms with Crippen LogP contribution in [0, 0.1) is 12.8 Å². The number of carbonyl (C=O) groups is 2. The molecule has 1 aliphatic heterocycles. The van der Waals surface area contributed by atoms with Gasteiger partial charge < -0.3 is 20.3 Å². The highest BCUT2D eigenvalue weighted by Crippen LogP contribution is 2.18. The number of nitrogens with zero attached hydrogens (tertiary/aromatic N) is 2. The highest BCUT2D eigenvalue weighted by atomic mass is 16.5. The number of hydrogen-bond donors (Lipinski definition) is 2. The van der Waals surface area contributed by atoms with Crippen molar-refractivity contribution in [3.8, 4) is 0 Å². The zero-order valence-corrected chi connectivity index (χ0v) is 15.7. The molecule has 142 valence electrons. The minimum absolute atomic E-state index is 0.0250. The van der Waals surface area contributed by atoms with Crippen molar-refractivity contribution in [3.63, 3.8) is 0 Å². The monoisotopic (exact) mass is 360 g/mol. The fourth-order valence-electron chi connectivity index (χ4n) is 3.06. The SMILES string of the molecule is CN=C(NCCNC(=O)c1cccc(C)c1)N1CCC(C(=O)OC)CC1. The number of aliphatic imine (C=N–C) groups is 1. The zero-order valence-electron chi connectivity index (χ0n) is 15.7. The average molecular weight is 360 g/mol. The second-order valence-electron chi connectivity index (χ2n) is 6.38. The largest absolute Gasteiger partial charge is 0.469 e. The lowest BCUT2D eigenvalue weighted by Crippen LogP contribution is -2.48. The van der Waals surface area contributed by atoms with Crippen LogP contribution in [0.4, 0.5) is 0 Å². The number of rotatable bonds is 5. The Morgan fingerprint density at radius 3 is 2.54 bits per heavy atom. The number of likely N-dealkylation sites (tertiary alicyclic amines) is 1. The van der Waals surface area contributed by atoms with Gasteiger partial charge in [0.2, 0.25) is 0 Å². The van der Waals surface area contributed by atoms with Gasteiger partial charge in [-0.15, -0.1) is 0 Å². The summed E-state index contributed by atoms with van der Waals surface area (Å²) in [7, 11) is 3.17. The zero-order chi connectivity index (χ0) is 18.9. The second kappa shape index (κ2) is 9.79. The smallest absolute Gasteiger partial charge is 0.308 e. The van der Waals surface area contributed by atoms with Crippen LogP contribution in [0.5, 0.6) is 0 Å². The second-order valence-corrected chi connectivity index (χ2v) is 6.38. The lowest BCUT2D eigenvalue weighted by molar-refractivity contribution is -0.146. The van der Waals surface area contributed by atoms with E-state index < -0.39 is 0 Å². The van der Waals surface area contributed by atoms with E-state index in [1.54, 1.807) is 13.1 Å². The third-order valence-corrected chi connectivity index (χ3v) is 4.51. The molecule has 1 saturated heterocycles. The Morgan fingerprint density at radius 2 is 1.92 bits per heavy atom. The summed E-state index contributed by atoms with van der Waals surface area (Å²) >= 11 is 0. The fraction of sp³-hybridized carbons (Fsp3) is 0.526. The molecule has 26 heavy (non-hydrogen) atoms. The Hall–Kier alpha value is -2.57. The predicted molar refractivity (Wildman–Crippen MR) is 101 cm³/mol. The number of esters is 1. The number of piperidine rings is 1. The summed E-state index contributed by atoms with van der Waals surface area (Å²) in [5.41, 5.74) is 1.73. The van der Waals surface area contributed by atoms with Crippen LogP contribution in [0.25, 0.3) is 0 Å². The predicted octanol–water partition coefficient (Wildman–Crippen LogP) is 1.19. The molecule has 2 rings (SSSR count). The molecule has 1 aromatic carbocycles. The van der Waals surface area contributed by atoms with Gasteiger partial charge in [0.1, 0.15) is 0 Å². The summed E-state index contributed by atoms with van der Waals surface area (Å²) in [4.78, 5) is 30.1. The van der Waals surface area contributed by atoms with Gasteiger partial charge in [-0.05, 0) is 31.9 Å². The number of aryl methyl sites for hydroxylation is 1. The minimum Gasteiger partial charge on any atom is -0.469 e. The molecule has 0 bridgehead atoms. The normalized spacial score (nSPS) is 15.5. The molecule has 7 heteroatoms. The first kappa shape index (κ1) is 19.8. The molecule has 1 amide bonds. The number of benzene rings is 1. The van der Waals surface area contributed by atoms with E-state index >= 15 is 0 Å². The molecule has 1 fully saturated rings. The topological polar surface area (TPSA) is 83.0 Å². The van der Waals surface area contributed by atoms with Crippen LogP contribution >= 0.6 is 0 Å². The first-order chi connectivity index (χ1) is 12.5. The van der Waals surface area contributed by atoms with Crippen LogP contribution in [0.15, 0.2) is 29.3 Å². The molecule has 0 aliphatic carbocycles. The number of amides is 1. The Morgan fingerprint density at radius 1 is 1.23 bits per heavy atom. The van der Waals surface area contributed by atoms with Gasteiger partial charge in [-0.2, -0.15) is 0 Å². The molecule has 0 spiro atoms. The van der Waals surface area contributed by atoms with Crippen molar-refractivity contribution >= 4 is 17.8 Å². The van der Waals surface area contributed by atoms with Crippen molar-refractivity contribution in [1.82, 2.24) is 15.5 Å². The lowest BCUT2D eigenvalue weighted by Gasteiger charge is -2.33. The van der Waals surface area contributed by atoms with Crippen molar-refractivity contribution in [3.05, 3.63) is 35.4 Å². The van der Waals surface area contributed by atoms with E-state index in [1.807, 2.05) is 25.1 Å². The quantitative estimate of drug-likeness (QED) is 0.357. The molecule has 7 nitrogen and oxygen atoms in total. The Bertz CT molecular complexity index is 652. The van der Waals surface area contributed by atoms with Gasteiger partial charge in [0.25, 0.3) is 5.91 Å². The molecule has 2 N–H and O–H groups in total. The lowest BCUT2D eigenvalue weighted by atomic mass is 9.97. The number of methoxy groups -OCH3 is 1. The third kappa shape index (κ3) is 5.47. The first-order valence-electron chi connectivity index (χ1n) is 8.93. The standard InChI is InChI=1S/C19H28N4O3/c1-14-5-4-6-16(13-14)17(24)21-9-10-22-19(20-2)23-11-7-15(8-12-23)18(25)26-3/h4-6,13,15H,7-12H2,1-3H3,(H,20,22)(H,21,24). The molecule has 0 atom stereocenters. The molecular weight excluding hydrogens is 332 g/mol.